The van der Waals surface area contributed by atoms with Gasteiger partial charge in [0.1, 0.15) is 17.2 Å². The van der Waals surface area contributed by atoms with Gasteiger partial charge in [-0.25, -0.2) is 4.79 Å². The van der Waals surface area contributed by atoms with Gasteiger partial charge in [0.15, 0.2) is 0 Å². The lowest BCUT2D eigenvalue weighted by molar-refractivity contribution is -0.139. The summed E-state index contributed by atoms with van der Waals surface area (Å²) < 4.78 is 5.33. The minimum Gasteiger partial charge on any atom is -0.444 e. The standard InChI is InChI=1S/C16H27N3O4S/c1-5-6-7-16(18-14(22)23-15(2,3)4)8-11-19(13(16)21)10(9-24-11)12(17)20/h10-11H,5-9H2,1-4H3,(H2,17,20)(H,18,22)/t10-,11-,16-/m1/s1. The second-order valence-corrected chi connectivity index (χ2v) is 8.65. The van der Waals surface area contributed by atoms with Crippen LogP contribution >= 0.6 is 11.8 Å². The van der Waals surface area contributed by atoms with Crippen molar-refractivity contribution in [3.63, 3.8) is 0 Å². The van der Waals surface area contributed by atoms with E-state index in [1.807, 2.05) is 6.92 Å². The number of unbranched alkanes of at least 4 members (excludes halogenated alkanes) is 1. The molecule has 3 N–H and O–H groups in total. The number of ether oxygens (including phenoxy) is 1. The lowest BCUT2D eigenvalue weighted by atomic mass is 9.91. The van der Waals surface area contributed by atoms with Crippen molar-refractivity contribution in [2.24, 2.45) is 5.73 Å². The normalized spacial score (nSPS) is 29.5. The molecule has 0 radical (unpaired) electrons. The number of fused-ring (bicyclic) bond motifs is 1. The number of hydrogen-bond donors (Lipinski definition) is 2. The van der Waals surface area contributed by atoms with Gasteiger partial charge in [0, 0.05) is 12.2 Å². The zero-order valence-electron chi connectivity index (χ0n) is 14.8. The SMILES string of the molecule is CCCC[C@@]1(NC(=O)OC(C)(C)C)C[C@H]2SC[C@H](C(N)=O)N2C1=O. The van der Waals surface area contributed by atoms with E-state index in [0.29, 0.717) is 18.6 Å². The first kappa shape index (κ1) is 18.9. The molecular formula is C16H27N3O4S. The summed E-state index contributed by atoms with van der Waals surface area (Å²) in [6.45, 7) is 7.36. The van der Waals surface area contributed by atoms with Gasteiger partial charge in [-0.15, -0.1) is 11.8 Å². The van der Waals surface area contributed by atoms with Crippen LogP contribution in [-0.2, 0) is 14.3 Å². The fourth-order valence-corrected chi connectivity index (χ4v) is 4.73. The molecule has 0 aromatic heterocycles. The Morgan fingerprint density at radius 2 is 2.12 bits per heavy atom. The minimum absolute atomic E-state index is 0.123. The molecule has 3 atom stereocenters. The summed E-state index contributed by atoms with van der Waals surface area (Å²) in [5.41, 5.74) is 3.78. The van der Waals surface area contributed by atoms with Crippen LogP contribution < -0.4 is 11.1 Å². The summed E-state index contributed by atoms with van der Waals surface area (Å²) in [6, 6.07) is -0.601. The highest BCUT2D eigenvalue weighted by atomic mass is 32.2. The van der Waals surface area contributed by atoms with Crippen molar-refractivity contribution < 1.29 is 19.1 Å². The summed E-state index contributed by atoms with van der Waals surface area (Å²) >= 11 is 1.54. The predicted octanol–water partition coefficient (Wildman–Crippen LogP) is 1.60. The molecule has 2 saturated heterocycles. The van der Waals surface area contributed by atoms with Gasteiger partial charge >= 0.3 is 6.09 Å². The first-order chi connectivity index (χ1) is 11.1. The summed E-state index contributed by atoms with van der Waals surface area (Å²) in [5.74, 6) is -0.204. The van der Waals surface area contributed by atoms with Gasteiger partial charge in [0.2, 0.25) is 11.8 Å². The van der Waals surface area contributed by atoms with Crippen LogP contribution in [0.1, 0.15) is 53.4 Å². The zero-order valence-corrected chi connectivity index (χ0v) is 15.6. The largest absolute Gasteiger partial charge is 0.444 e. The minimum atomic E-state index is -1.01. The number of alkyl carbamates (subject to hydrolysis) is 1. The molecular weight excluding hydrogens is 330 g/mol. The number of hydrogen-bond acceptors (Lipinski definition) is 5. The second-order valence-electron chi connectivity index (χ2n) is 7.44. The molecule has 0 spiro atoms. The van der Waals surface area contributed by atoms with E-state index in [0.717, 1.165) is 12.8 Å². The third-order valence-corrected chi connectivity index (χ3v) is 5.57. The van der Waals surface area contributed by atoms with Crippen molar-refractivity contribution in [3.05, 3.63) is 0 Å². The Balaban J connectivity index is 2.21. The number of rotatable bonds is 5. The van der Waals surface area contributed by atoms with Crippen LogP contribution in [0.15, 0.2) is 0 Å². The maximum absolute atomic E-state index is 13.1. The summed E-state index contributed by atoms with van der Waals surface area (Å²) in [4.78, 5) is 38.5. The number of nitrogens with two attached hydrogens (primary N) is 1. The average Bonchev–Trinajstić information content (AvgIpc) is 2.94. The molecule has 0 bridgehead atoms. The first-order valence-corrected chi connectivity index (χ1v) is 9.39. The molecule has 2 rings (SSSR count). The van der Waals surface area contributed by atoms with E-state index in [1.54, 1.807) is 37.4 Å². The molecule has 7 nitrogen and oxygen atoms in total. The number of thioether (sulfide) groups is 1. The molecule has 0 saturated carbocycles. The van der Waals surface area contributed by atoms with E-state index in [4.69, 9.17) is 10.5 Å². The Morgan fingerprint density at radius 1 is 1.46 bits per heavy atom. The highest BCUT2D eigenvalue weighted by molar-refractivity contribution is 8.00. The lowest BCUT2D eigenvalue weighted by Crippen LogP contribution is -2.57. The maximum Gasteiger partial charge on any atom is 0.408 e. The first-order valence-electron chi connectivity index (χ1n) is 8.34. The van der Waals surface area contributed by atoms with Gasteiger partial charge in [0.25, 0.3) is 0 Å². The molecule has 2 heterocycles. The van der Waals surface area contributed by atoms with E-state index < -0.39 is 29.2 Å². The molecule has 0 aromatic rings. The van der Waals surface area contributed by atoms with Crippen LogP contribution in [-0.4, -0.2) is 51.1 Å². The van der Waals surface area contributed by atoms with Crippen molar-refractivity contribution in [1.82, 2.24) is 10.2 Å². The van der Waals surface area contributed by atoms with Crippen LogP contribution in [0.5, 0.6) is 0 Å². The molecule has 0 aromatic carbocycles. The average molecular weight is 357 g/mol. The number of primary amides is 1. The predicted molar refractivity (Wildman–Crippen MR) is 92.3 cm³/mol. The Morgan fingerprint density at radius 3 is 2.67 bits per heavy atom. The molecule has 0 unspecified atom stereocenters. The molecule has 136 valence electrons. The number of carbonyl (C=O) groups is 3. The summed E-state index contributed by atoms with van der Waals surface area (Å²) in [5, 5.41) is 2.68. The van der Waals surface area contributed by atoms with Crippen molar-refractivity contribution in [1.29, 1.82) is 0 Å². The molecule has 2 aliphatic heterocycles. The summed E-state index contributed by atoms with van der Waals surface area (Å²) in [6.07, 6.45) is 2.10. The second kappa shape index (κ2) is 6.82. The van der Waals surface area contributed by atoms with Gasteiger partial charge < -0.3 is 20.7 Å². The van der Waals surface area contributed by atoms with Crippen LogP contribution in [0.2, 0.25) is 0 Å². The zero-order chi connectivity index (χ0) is 18.1. The van der Waals surface area contributed by atoms with Crippen molar-refractivity contribution in [2.75, 3.05) is 5.75 Å². The van der Waals surface area contributed by atoms with Gasteiger partial charge in [-0.1, -0.05) is 19.8 Å². The Bertz CT molecular complexity index is 534. The molecule has 8 heteroatoms. The summed E-state index contributed by atoms with van der Waals surface area (Å²) in [7, 11) is 0. The lowest BCUT2D eigenvalue weighted by Gasteiger charge is -2.31. The van der Waals surface area contributed by atoms with E-state index >= 15 is 0 Å². The van der Waals surface area contributed by atoms with E-state index in [9.17, 15) is 14.4 Å². The van der Waals surface area contributed by atoms with E-state index in [2.05, 4.69) is 5.32 Å². The molecule has 3 amide bonds. The topological polar surface area (TPSA) is 102 Å². The molecule has 0 aliphatic carbocycles. The van der Waals surface area contributed by atoms with Crippen LogP contribution in [0, 0.1) is 0 Å². The van der Waals surface area contributed by atoms with Gasteiger partial charge in [-0.2, -0.15) is 0 Å². The van der Waals surface area contributed by atoms with Crippen LogP contribution in [0.3, 0.4) is 0 Å². The van der Waals surface area contributed by atoms with Gasteiger partial charge in [0.05, 0.1) is 5.37 Å². The Hall–Kier alpha value is -1.44. The monoisotopic (exact) mass is 357 g/mol. The van der Waals surface area contributed by atoms with Crippen LogP contribution in [0.4, 0.5) is 4.79 Å². The van der Waals surface area contributed by atoms with Crippen molar-refractivity contribution in [2.45, 2.75) is 75.9 Å². The highest BCUT2D eigenvalue weighted by Gasteiger charge is 2.58. The Kier molecular flexibility index (Phi) is 5.37. The van der Waals surface area contributed by atoms with Gasteiger partial charge in [-0.05, 0) is 27.2 Å². The smallest absolute Gasteiger partial charge is 0.408 e. The Labute approximate surface area is 147 Å². The number of nitrogens with one attached hydrogen (secondary N) is 1. The van der Waals surface area contributed by atoms with Crippen LogP contribution in [0.25, 0.3) is 0 Å². The maximum atomic E-state index is 13.1. The number of carbonyl (C=O) groups excluding carboxylic acids is 3. The number of amides is 3. The van der Waals surface area contributed by atoms with Gasteiger partial charge in [-0.3, -0.25) is 9.59 Å². The van der Waals surface area contributed by atoms with Crippen molar-refractivity contribution >= 4 is 29.7 Å². The number of nitrogens with zero attached hydrogens (tertiary/aromatic N) is 1. The fraction of sp³-hybridized carbons (Fsp3) is 0.812. The quantitative estimate of drug-likeness (QED) is 0.778. The van der Waals surface area contributed by atoms with E-state index in [1.165, 1.54) is 0 Å². The third kappa shape index (κ3) is 3.79. The third-order valence-electron chi connectivity index (χ3n) is 4.29. The van der Waals surface area contributed by atoms with E-state index in [-0.39, 0.29) is 11.3 Å². The fourth-order valence-electron chi connectivity index (χ4n) is 3.20. The molecule has 2 fully saturated rings. The molecule has 24 heavy (non-hydrogen) atoms. The van der Waals surface area contributed by atoms with Crippen molar-refractivity contribution in [3.8, 4) is 0 Å². The highest BCUT2D eigenvalue weighted by Crippen LogP contribution is 2.44. The molecule has 2 aliphatic rings.